The fraction of sp³-hybridized carbons (Fsp3) is 0.235. The minimum Gasteiger partial charge on any atom is -0.497 e. The number of anilines is 1. The van der Waals surface area contributed by atoms with Crippen molar-refractivity contribution in [2.75, 3.05) is 12.4 Å². The molecule has 23 heavy (non-hydrogen) atoms. The summed E-state index contributed by atoms with van der Waals surface area (Å²) >= 11 is 0. The van der Waals surface area contributed by atoms with Crippen LogP contribution in [0.25, 0.3) is 0 Å². The van der Waals surface area contributed by atoms with E-state index in [2.05, 4.69) is 5.32 Å². The fourth-order valence-electron chi connectivity index (χ4n) is 1.94. The number of nitrogens with one attached hydrogen (secondary N) is 1. The molecule has 2 unspecified atom stereocenters. The van der Waals surface area contributed by atoms with Crippen molar-refractivity contribution in [2.45, 2.75) is 29.2 Å². The van der Waals surface area contributed by atoms with Crippen LogP contribution in [0.5, 0.6) is 5.75 Å². The standard InChI is InChI=1S/C17H20N2O3S/c1-3-16(18)17(20)19-12-5-4-6-15(11-12)23(21)14-9-7-13(22-2)8-10-14/h4-11,16H,3,18H2,1-2H3,(H,19,20). The van der Waals surface area contributed by atoms with Gasteiger partial charge in [0.2, 0.25) is 5.91 Å². The molecule has 2 rings (SSSR count). The number of ether oxygens (including phenoxy) is 1. The van der Waals surface area contributed by atoms with Gasteiger partial charge in [0.1, 0.15) is 5.75 Å². The Kier molecular flexibility index (Phi) is 5.90. The zero-order chi connectivity index (χ0) is 16.8. The van der Waals surface area contributed by atoms with Crippen molar-refractivity contribution in [3.8, 4) is 5.75 Å². The van der Waals surface area contributed by atoms with Crippen LogP contribution in [0.2, 0.25) is 0 Å². The van der Waals surface area contributed by atoms with Gasteiger partial charge in [-0.2, -0.15) is 0 Å². The zero-order valence-corrected chi connectivity index (χ0v) is 13.9. The average molecular weight is 332 g/mol. The summed E-state index contributed by atoms with van der Waals surface area (Å²) in [6, 6.07) is 13.4. The van der Waals surface area contributed by atoms with Crippen LogP contribution in [0.1, 0.15) is 13.3 Å². The third-order valence-electron chi connectivity index (χ3n) is 3.37. The van der Waals surface area contributed by atoms with Crippen molar-refractivity contribution in [1.82, 2.24) is 0 Å². The van der Waals surface area contributed by atoms with Crippen molar-refractivity contribution in [3.63, 3.8) is 0 Å². The van der Waals surface area contributed by atoms with Gasteiger partial charge in [0.15, 0.2) is 0 Å². The smallest absolute Gasteiger partial charge is 0.241 e. The summed E-state index contributed by atoms with van der Waals surface area (Å²) in [5, 5.41) is 2.74. The van der Waals surface area contributed by atoms with Crippen LogP contribution in [-0.2, 0) is 15.6 Å². The number of benzene rings is 2. The Labute approximate surface area is 138 Å². The quantitative estimate of drug-likeness (QED) is 0.852. The second kappa shape index (κ2) is 7.89. The highest BCUT2D eigenvalue weighted by atomic mass is 32.2. The van der Waals surface area contributed by atoms with Crippen LogP contribution >= 0.6 is 0 Å². The molecule has 0 aromatic heterocycles. The maximum atomic E-state index is 12.6. The lowest BCUT2D eigenvalue weighted by atomic mass is 10.2. The molecule has 122 valence electrons. The van der Waals surface area contributed by atoms with Crippen molar-refractivity contribution >= 4 is 22.4 Å². The number of nitrogens with two attached hydrogens (primary N) is 1. The van der Waals surface area contributed by atoms with E-state index in [0.29, 0.717) is 27.6 Å². The highest BCUT2D eigenvalue weighted by molar-refractivity contribution is 7.85. The van der Waals surface area contributed by atoms with E-state index in [4.69, 9.17) is 10.5 Å². The number of carbonyl (C=O) groups is 1. The minimum absolute atomic E-state index is 0.250. The molecule has 2 atom stereocenters. The van der Waals surface area contributed by atoms with E-state index in [1.165, 1.54) is 0 Å². The number of methoxy groups -OCH3 is 1. The Balaban J connectivity index is 2.18. The first-order valence-corrected chi connectivity index (χ1v) is 8.42. The highest BCUT2D eigenvalue weighted by Gasteiger charge is 2.13. The maximum Gasteiger partial charge on any atom is 0.241 e. The molecular weight excluding hydrogens is 312 g/mol. The number of hydrogen-bond donors (Lipinski definition) is 2. The molecule has 2 aromatic rings. The molecule has 0 saturated carbocycles. The predicted molar refractivity (Wildman–Crippen MR) is 91.0 cm³/mol. The van der Waals surface area contributed by atoms with Gasteiger partial charge in [0.05, 0.1) is 24.0 Å². The number of rotatable bonds is 6. The largest absolute Gasteiger partial charge is 0.497 e. The van der Waals surface area contributed by atoms with E-state index < -0.39 is 16.8 Å². The van der Waals surface area contributed by atoms with E-state index in [9.17, 15) is 9.00 Å². The highest BCUT2D eigenvalue weighted by Crippen LogP contribution is 2.22. The van der Waals surface area contributed by atoms with Gasteiger partial charge in [0, 0.05) is 15.5 Å². The van der Waals surface area contributed by atoms with E-state index in [-0.39, 0.29) is 5.91 Å². The van der Waals surface area contributed by atoms with Crippen LogP contribution in [0.3, 0.4) is 0 Å². The summed E-state index contributed by atoms with van der Waals surface area (Å²) in [6.45, 7) is 1.85. The lowest BCUT2D eigenvalue weighted by molar-refractivity contribution is -0.117. The molecule has 3 N–H and O–H groups in total. The summed E-state index contributed by atoms with van der Waals surface area (Å²) in [5.74, 6) is 0.459. The van der Waals surface area contributed by atoms with Crippen LogP contribution in [0.4, 0.5) is 5.69 Å². The normalized spacial score (nSPS) is 13.2. The molecule has 0 spiro atoms. The molecule has 0 saturated heterocycles. The second-order valence-electron chi connectivity index (χ2n) is 4.98. The molecule has 2 aromatic carbocycles. The molecule has 0 aliphatic carbocycles. The minimum atomic E-state index is -1.33. The molecule has 0 heterocycles. The zero-order valence-electron chi connectivity index (χ0n) is 13.1. The summed E-state index contributed by atoms with van der Waals surface area (Å²) < 4.78 is 17.7. The van der Waals surface area contributed by atoms with Crippen molar-refractivity contribution in [3.05, 3.63) is 48.5 Å². The predicted octanol–water partition coefficient (Wildman–Crippen LogP) is 2.54. The molecule has 6 heteroatoms. The average Bonchev–Trinajstić information content (AvgIpc) is 2.60. The lowest BCUT2D eigenvalue weighted by Gasteiger charge is -2.11. The lowest BCUT2D eigenvalue weighted by Crippen LogP contribution is -2.34. The third-order valence-corrected chi connectivity index (χ3v) is 4.75. The first-order valence-electron chi connectivity index (χ1n) is 7.27. The Morgan fingerprint density at radius 1 is 1.22 bits per heavy atom. The summed E-state index contributed by atoms with van der Waals surface area (Å²) in [5.41, 5.74) is 6.28. The molecule has 0 aliphatic heterocycles. The first kappa shape index (κ1) is 17.2. The number of amides is 1. The molecule has 0 aliphatic rings. The van der Waals surface area contributed by atoms with Gasteiger partial charge in [-0.15, -0.1) is 0 Å². The fourth-order valence-corrected chi connectivity index (χ4v) is 3.04. The summed E-state index contributed by atoms with van der Waals surface area (Å²) in [4.78, 5) is 13.1. The Morgan fingerprint density at radius 3 is 2.52 bits per heavy atom. The molecular formula is C17H20N2O3S. The second-order valence-corrected chi connectivity index (χ2v) is 6.46. The van der Waals surface area contributed by atoms with E-state index in [1.807, 2.05) is 6.92 Å². The Morgan fingerprint density at radius 2 is 1.91 bits per heavy atom. The molecule has 5 nitrogen and oxygen atoms in total. The Bertz CT molecular complexity index is 701. The van der Waals surface area contributed by atoms with Gasteiger partial charge >= 0.3 is 0 Å². The third kappa shape index (κ3) is 4.40. The van der Waals surface area contributed by atoms with Gasteiger partial charge in [-0.25, -0.2) is 4.21 Å². The monoisotopic (exact) mass is 332 g/mol. The molecule has 0 bridgehead atoms. The first-order chi connectivity index (χ1) is 11.0. The van der Waals surface area contributed by atoms with Gasteiger partial charge in [-0.05, 0) is 48.9 Å². The topological polar surface area (TPSA) is 81.4 Å². The Hall–Kier alpha value is -2.18. The maximum absolute atomic E-state index is 12.6. The summed E-state index contributed by atoms with van der Waals surface area (Å²) in [6.07, 6.45) is 0.559. The summed E-state index contributed by atoms with van der Waals surface area (Å²) in [7, 11) is 0.250. The van der Waals surface area contributed by atoms with Crippen molar-refractivity contribution in [2.24, 2.45) is 5.73 Å². The molecule has 0 fully saturated rings. The van der Waals surface area contributed by atoms with Gasteiger partial charge in [-0.1, -0.05) is 13.0 Å². The van der Waals surface area contributed by atoms with Gasteiger partial charge in [0.25, 0.3) is 0 Å². The van der Waals surface area contributed by atoms with Crippen LogP contribution in [0, 0.1) is 0 Å². The van der Waals surface area contributed by atoms with E-state index in [1.54, 1.807) is 55.6 Å². The van der Waals surface area contributed by atoms with Crippen molar-refractivity contribution < 1.29 is 13.7 Å². The van der Waals surface area contributed by atoms with Crippen LogP contribution in [0.15, 0.2) is 58.3 Å². The van der Waals surface area contributed by atoms with E-state index >= 15 is 0 Å². The molecule has 1 amide bonds. The van der Waals surface area contributed by atoms with E-state index in [0.717, 1.165) is 0 Å². The van der Waals surface area contributed by atoms with Crippen LogP contribution in [-0.4, -0.2) is 23.3 Å². The van der Waals surface area contributed by atoms with Gasteiger partial charge in [-0.3, -0.25) is 4.79 Å². The SMILES string of the molecule is CCC(N)C(=O)Nc1cccc(S(=O)c2ccc(OC)cc2)c1. The van der Waals surface area contributed by atoms with Crippen LogP contribution < -0.4 is 15.8 Å². The number of carbonyl (C=O) groups excluding carboxylic acids is 1. The molecule has 0 radical (unpaired) electrons. The van der Waals surface area contributed by atoms with Crippen molar-refractivity contribution in [1.29, 1.82) is 0 Å². The number of hydrogen-bond acceptors (Lipinski definition) is 4. The van der Waals surface area contributed by atoms with Gasteiger partial charge < -0.3 is 15.8 Å².